The van der Waals surface area contributed by atoms with Gasteiger partial charge in [-0.1, -0.05) is 62.9 Å². The van der Waals surface area contributed by atoms with Crippen LogP contribution in [0.25, 0.3) is 0 Å². The fourth-order valence-corrected chi connectivity index (χ4v) is 2.29. The molecule has 0 aliphatic carbocycles. The van der Waals surface area contributed by atoms with Crippen LogP contribution in [0.2, 0.25) is 15.1 Å². The van der Waals surface area contributed by atoms with Crippen LogP contribution in [0.1, 0.15) is 5.56 Å². The monoisotopic (exact) mass is 364 g/mol. The summed E-state index contributed by atoms with van der Waals surface area (Å²) in [6.07, 6.45) is 0. The van der Waals surface area contributed by atoms with Gasteiger partial charge in [0.1, 0.15) is 12.4 Å². The Bertz CT molecular complexity index is 570. The molecule has 0 fully saturated rings. The molecule has 2 aromatic rings. The molecular weight excluding hydrogens is 358 g/mol. The van der Waals surface area contributed by atoms with Crippen molar-refractivity contribution in [1.82, 2.24) is 0 Å². The van der Waals surface area contributed by atoms with E-state index in [9.17, 15) is 0 Å². The molecule has 94 valence electrons. The van der Waals surface area contributed by atoms with Gasteiger partial charge in [-0.15, -0.1) is 0 Å². The van der Waals surface area contributed by atoms with Crippen molar-refractivity contribution in [3.8, 4) is 5.75 Å². The van der Waals surface area contributed by atoms with Crippen molar-refractivity contribution in [1.29, 1.82) is 0 Å². The number of benzene rings is 2. The summed E-state index contributed by atoms with van der Waals surface area (Å²) in [5, 5.41) is 1.57. The summed E-state index contributed by atoms with van der Waals surface area (Å²) < 4.78 is 6.54. The highest BCUT2D eigenvalue weighted by Crippen LogP contribution is 2.30. The molecule has 0 spiro atoms. The van der Waals surface area contributed by atoms with E-state index >= 15 is 0 Å². The van der Waals surface area contributed by atoms with Crippen LogP contribution >= 0.6 is 50.7 Å². The third-order valence-electron chi connectivity index (χ3n) is 2.31. The van der Waals surface area contributed by atoms with Crippen LogP contribution in [0.4, 0.5) is 0 Å². The topological polar surface area (TPSA) is 9.23 Å². The van der Waals surface area contributed by atoms with Gasteiger partial charge >= 0.3 is 0 Å². The van der Waals surface area contributed by atoms with Gasteiger partial charge < -0.3 is 4.74 Å². The fourth-order valence-electron chi connectivity index (χ4n) is 1.40. The molecule has 0 amide bonds. The van der Waals surface area contributed by atoms with Crippen molar-refractivity contribution in [2.24, 2.45) is 0 Å². The van der Waals surface area contributed by atoms with Gasteiger partial charge in [-0.2, -0.15) is 0 Å². The van der Waals surface area contributed by atoms with Crippen molar-refractivity contribution in [2.75, 3.05) is 0 Å². The number of hydrogen-bond donors (Lipinski definition) is 0. The van der Waals surface area contributed by atoms with Crippen molar-refractivity contribution in [3.05, 3.63) is 61.5 Å². The van der Waals surface area contributed by atoms with E-state index in [0.717, 1.165) is 10.0 Å². The highest BCUT2D eigenvalue weighted by molar-refractivity contribution is 9.10. The molecule has 0 saturated heterocycles. The molecule has 1 nitrogen and oxygen atoms in total. The smallest absolute Gasteiger partial charge is 0.139 e. The third-order valence-corrected chi connectivity index (χ3v) is 3.97. The molecule has 0 atom stereocenters. The molecule has 0 saturated carbocycles. The van der Waals surface area contributed by atoms with Crippen molar-refractivity contribution >= 4 is 50.7 Å². The van der Waals surface area contributed by atoms with Gasteiger partial charge in [-0.05, 0) is 24.3 Å². The van der Waals surface area contributed by atoms with Gasteiger partial charge in [0.15, 0.2) is 0 Å². The van der Waals surface area contributed by atoms with Gasteiger partial charge in [0, 0.05) is 10.0 Å². The summed E-state index contributed by atoms with van der Waals surface area (Å²) in [5.74, 6) is 0.599. The first-order valence-corrected chi connectivity index (χ1v) is 7.01. The van der Waals surface area contributed by atoms with Crippen LogP contribution in [0.5, 0.6) is 5.75 Å². The molecule has 0 aromatic heterocycles. The van der Waals surface area contributed by atoms with E-state index in [1.165, 1.54) is 0 Å². The maximum Gasteiger partial charge on any atom is 0.139 e. The Morgan fingerprint density at radius 1 is 1.00 bits per heavy atom. The highest BCUT2D eigenvalue weighted by atomic mass is 79.9. The lowest BCUT2D eigenvalue weighted by atomic mass is 10.2. The van der Waals surface area contributed by atoms with E-state index in [1.807, 2.05) is 18.2 Å². The Hall–Kier alpha value is -0.410. The van der Waals surface area contributed by atoms with E-state index in [2.05, 4.69) is 15.9 Å². The lowest BCUT2D eigenvalue weighted by Gasteiger charge is -2.10. The molecule has 2 rings (SSSR count). The van der Waals surface area contributed by atoms with Gasteiger partial charge in [0.05, 0.1) is 15.1 Å². The summed E-state index contributed by atoms with van der Waals surface area (Å²) in [7, 11) is 0. The molecule has 0 heterocycles. The minimum atomic E-state index is 0.315. The molecule has 2 aromatic carbocycles. The number of rotatable bonds is 3. The molecule has 0 unspecified atom stereocenters. The Morgan fingerprint density at radius 3 is 2.56 bits per heavy atom. The van der Waals surface area contributed by atoms with Crippen molar-refractivity contribution in [2.45, 2.75) is 6.61 Å². The molecule has 0 N–H and O–H groups in total. The lowest BCUT2D eigenvalue weighted by molar-refractivity contribution is 0.306. The van der Waals surface area contributed by atoms with Gasteiger partial charge in [-0.3, -0.25) is 0 Å². The molecular formula is C13H8BrCl3O. The summed E-state index contributed by atoms with van der Waals surface area (Å²) in [6.45, 7) is 0.315. The van der Waals surface area contributed by atoms with Crippen LogP contribution in [0.3, 0.4) is 0 Å². The van der Waals surface area contributed by atoms with Gasteiger partial charge in [0.25, 0.3) is 0 Å². The maximum atomic E-state index is 6.08. The van der Waals surface area contributed by atoms with Crippen LogP contribution < -0.4 is 4.74 Å². The zero-order valence-corrected chi connectivity index (χ0v) is 12.9. The minimum Gasteiger partial charge on any atom is -0.487 e. The normalized spacial score (nSPS) is 10.4. The molecule has 18 heavy (non-hydrogen) atoms. The summed E-state index contributed by atoms with van der Waals surface area (Å²) in [6, 6.07) is 10.8. The first-order valence-electron chi connectivity index (χ1n) is 5.08. The van der Waals surface area contributed by atoms with Crippen LogP contribution in [0, 0.1) is 0 Å². The van der Waals surface area contributed by atoms with Gasteiger partial charge in [0.2, 0.25) is 0 Å². The SMILES string of the molecule is Clc1ccc(Br)cc1OCc1cccc(Cl)c1Cl. The van der Waals surface area contributed by atoms with Gasteiger partial charge in [-0.25, -0.2) is 0 Å². The van der Waals surface area contributed by atoms with E-state index in [-0.39, 0.29) is 0 Å². The van der Waals surface area contributed by atoms with Crippen LogP contribution in [-0.2, 0) is 6.61 Å². The minimum absolute atomic E-state index is 0.315. The molecule has 5 heteroatoms. The molecule has 0 aliphatic rings. The maximum absolute atomic E-state index is 6.08. The summed E-state index contributed by atoms with van der Waals surface area (Å²) in [5.41, 5.74) is 0.820. The highest BCUT2D eigenvalue weighted by Gasteiger charge is 2.07. The molecule has 0 bridgehead atoms. The zero-order chi connectivity index (χ0) is 13.1. The molecule has 0 radical (unpaired) electrons. The van der Waals surface area contributed by atoms with E-state index in [1.54, 1.807) is 18.2 Å². The number of hydrogen-bond acceptors (Lipinski definition) is 1. The first kappa shape index (κ1) is 14.0. The third kappa shape index (κ3) is 3.33. The average molecular weight is 366 g/mol. The predicted octanol–water partition coefficient (Wildman–Crippen LogP) is 5.99. The quantitative estimate of drug-likeness (QED) is 0.648. The number of halogens is 4. The Labute approximate surface area is 129 Å². The Kier molecular flexibility index (Phi) is 4.79. The largest absolute Gasteiger partial charge is 0.487 e. The van der Waals surface area contributed by atoms with Crippen molar-refractivity contribution in [3.63, 3.8) is 0 Å². The van der Waals surface area contributed by atoms with Crippen molar-refractivity contribution < 1.29 is 4.74 Å². The summed E-state index contributed by atoms with van der Waals surface area (Å²) in [4.78, 5) is 0. The number of ether oxygens (including phenoxy) is 1. The second-order valence-corrected chi connectivity index (χ2v) is 5.68. The summed E-state index contributed by atoms with van der Waals surface area (Å²) >= 11 is 21.4. The molecule has 0 aliphatic heterocycles. The Balaban J connectivity index is 2.16. The lowest BCUT2D eigenvalue weighted by Crippen LogP contribution is -1.97. The first-order chi connectivity index (χ1) is 8.58. The second kappa shape index (κ2) is 6.16. The zero-order valence-electron chi connectivity index (χ0n) is 9.09. The van der Waals surface area contributed by atoms with E-state index in [0.29, 0.717) is 27.4 Å². The van der Waals surface area contributed by atoms with E-state index in [4.69, 9.17) is 39.5 Å². The fraction of sp³-hybridized carbons (Fsp3) is 0.0769. The Morgan fingerprint density at radius 2 is 1.78 bits per heavy atom. The van der Waals surface area contributed by atoms with Crippen LogP contribution in [0.15, 0.2) is 40.9 Å². The predicted molar refractivity (Wildman–Crippen MR) is 79.9 cm³/mol. The second-order valence-electron chi connectivity index (χ2n) is 3.58. The van der Waals surface area contributed by atoms with E-state index < -0.39 is 0 Å². The van der Waals surface area contributed by atoms with Crippen LogP contribution in [-0.4, -0.2) is 0 Å². The average Bonchev–Trinajstić information content (AvgIpc) is 2.35. The standard InChI is InChI=1S/C13H8BrCl3O/c14-9-4-5-10(15)12(6-9)18-7-8-2-1-3-11(16)13(8)17/h1-6H,7H2.